The fraction of sp³-hybridized carbons (Fsp3) is 0.0909. The molecule has 4 rings (SSSR count). The summed E-state index contributed by atoms with van der Waals surface area (Å²) in [5.41, 5.74) is 4.14. The van der Waals surface area contributed by atoms with Gasteiger partial charge in [-0.15, -0.1) is 22.7 Å². The number of phenols is 2. The number of thiazole rings is 1. The van der Waals surface area contributed by atoms with E-state index in [1.165, 1.54) is 29.0 Å². The Morgan fingerprint density at radius 1 is 1.00 bits per heavy atom. The second kappa shape index (κ2) is 8.06. The number of benzene rings is 2. The number of nitrogens with zero attached hydrogens (tertiary/aromatic N) is 3. The first-order valence-electron chi connectivity index (χ1n) is 8.95. The number of hydrogen-bond acceptors (Lipinski definition) is 6. The number of thiophene rings is 1. The van der Waals surface area contributed by atoms with Gasteiger partial charge in [-0.05, 0) is 49.6 Å². The van der Waals surface area contributed by atoms with Crippen LogP contribution in [-0.2, 0) is 0 Å². The summed E-state index contributed by atoms with van der Waals surface area (Å²) in [5, 5.41) is 28.6. The molecule has 0 aliphatic rings. The van der Waals surface area contributed by atoms with Crippen LogP contribution in [0.1, 0.15) is 18.1 Å². The number of hydrogen-bond donors (Lipinski definition) is 2. The number of rotatable bonds is 4. The Hall–Kier alpha value is -3.16. The van der Waals surface area contributed by atoms with E-state index >= 15 is 0 Å². The first-order chi connectivity index (χ1) is 14.0. The van der Waals surface area contributed by atoms with Gasteiger partial charge >= 0.3 is 0 Å². The van der Waals surface area contributed by atoms with Crippen LogP contribution >= 0.6 is 22.7 Å². The normalized spacial score (nSPS) is 12.5. The SMILES string of the molecule is CC(=Nn1c(-c2cccs2)csc1=Nc1ccc(C)cc1)c1ccc(O)cc1O. The minimum absolute atomic E-state index is 0.0107. The number of aryl methyl sites for hydroxylation is 1. The van der Waals surface area contributed by atoms with Crippen molar-refractivity contribution in [2.75, 3.05) is 0 Å². The second-order valence-corrected chi connectivity index (χ2v) is 8.31. The molecule has 7 heteroatoms. The molecule has 0 saturated heterocycles. The summed E-state index contributed by atoms with van der Waals surface area (Å²) in [4.78, 5) is 6.59. The highest BCUT2D eigenvalue weighted by Gasteiger charge is 2.11. The molecule has 4 aromatic rings. The van der Waals surface area contributed by atoms with Crippen molar-refractivity contribution in [3.63, 3.8) is 0 Å². The van der Waals surface area contributed by atoms with Crippen LogP contribution in [0, 0.1) is 6.92 Å². The molecule has 2 heterocycles. The van der Waals surface area contributed by atoms with Gasteiger partial charge < -0.3 is 10.2 Å². The molecule has 5 nitrogen and oxygen atoms in total. The van der Waals surface area contributed by atoms with Gasteiger partial charge in [0.25, 0.3) is 0 Å². The molecule has 0 unspecified atom stereocenters. The van der Waals surface area contributed by atoms with Gasteiger partial charge in [0.15, 0.2) is 0 Å². The Morgan fingerprint density at radius 3 is 2.48 bits per heavy atom. The van der Waals surface area contributed by atoms with Gasteiger partial charge in [-0.2, -0.15) is 5.10 Å². The Kier molecular flexibility index (Phi) is 5.33. The zero-order valence-corrected chi connectivity index (χ0v) is 17.5. The van der Waals surface area contributed by atoms with Crippen molar-refractivity contribution < 1.29 is 10.2 Å². The highest BCUT2D eigenvalue weighted by molar-refractivity contribution is 7.14. The lowest BCUT2D eigenvalue weighted by atomic mass is 10.1. The van der Waals surface area contributed by atoms with Gasteiger partial charge in [0.2, 0.25) is 4.80 Å². The molecule has 146 valence electrons. The highest BCUT2D eigenvalue weighted by atomic mass is 32.1. The Bertz CT molecular complexity index is 1230. The Balaban J connectivity index is 1.88. The van der Waals surface area contributed by atoms with Crippen molar-refractivity contribution in [3.05, 3.63) is 81.3 Å². The molecule has 0 radical (unpaired) electrons. The van der Waals surface area contributed by atoms with E-state index in [2.05, 4.69) is 0 Å². The third-order valence-electron chi connectivity index (χ3n) is 4.34. The number of aromatic nitrogens is 1. The predicted octanol–water partition coefficient (Wildman–Crippen LogP) is 5.50. The summed E-state index contributed by atoms with van der Waals surface area (Å²) in [7, 11) is 0. The van der Waals surface area contributed by atoms with E-state index in [1.807, 2.05) is 61.0 Å². The van der Waals surface area contributed by atoms with Crippen molar-refractivity contribution in [1.29, 1.82) is 0 Å². The summed E-state index contributed by atoms with van der Waals surface area (Å²) >= 11 is 3.14. The molecule has 0 aliphatic heterocycles. The van der Waals surface area contributed by atoms with E-state index in [0.29, 0.717) is 11.3 Å². The van der Waals surface area contributed by atoms with Crippen LogP contribution in [0.3, 0.4) is 0 Å². The molecule has 0 atom stereocenters. The monoisotopic (exact) mass is 421 g/mol. The second-order valence-electron chi connectivity index (χ2n) is 6.53. The van der Waals surface area contributed by atoms with E-state index in [9.17, 15) is 10.2 Å². The fourth-order valence-corrected chi connectivity index (χ4v) is 4.47. The Morgan fingerprint density at radius 2 is 1.79 bits per heavy atom. The van der Waals surface area contributed by atoms with Crippen LogP contribution < -0.4 is 4.80 Å². The maximum absolute atomic E-state index is 10.2. The van der Waals surface area contributed by atoms with Gasteiger partial charge in [0.05, 0.1) is 22.0 Å². The minimum Gasteiger partial charge on any atom is -0.508 e. The van der Waals surface area contributed by atoms with Gasteiger partial charge in [0.1, 0.15) is 11.5 Å². The van der Waals surface area contributed by atoms with Crippen molar-refractivity contribution in [1.82, 2.24) is 4.68 Å². The van der Waals surface area contributed by atoms with Crippen LogP contribution in [0.25, 0.3) is 10.6 Å². The van der Waals surface area contributed by atoms with E-state index in [0.717, 1.165) is 21.1 Å². The largest absolute Gasteiger partial charge is 0.508 e. The topological polar surface area (TPSA) is 70.1 Å². The van der Waals surface area contributed by atoms with Gasteiger partial charge in [-0.3, -0.25) is 0 Å². The maximum Gasteiger partial charge on any atom is 0.211 e. The van der Waals surface area contributed by atoms with Gasteiger partial charge in [-0.1, -0.05) is 23.8 Å². The quantitative estimate of drug-likeness (QED) is 0.427. The lowest BCUT2D eigenvalue weighted by Gasteiger charge is -2.07. The van der Waals surface area contributed by atoms with E-state index in [-0.39, 0.29) is 11.5 Å². The summed E-state index contributed by atoms with van der Waals surface area (Å²) in [6.45, 7) is 3.87. The number of aromatic hydroxyl groups is 2. The van der Waals surface area contributed by atoms with Crippen molar-refractivity contribution in [3.8, 4) is 22.1 Å². The summed E-state index contributed by atoms with van der Waals surface area (Å²) in [6, 6.07) is 16.6. The van der Waals surface area contributed by atoms with E-state index in [1.54, 1.807) is 22.1 Å². The van der Waals surface area contributed by atoms with Crippen molar-refractivity contribution in [2.45, 2.75) is 13.8 Å². The summed E-state index contributed by atoms with van der Waals surface area (Å²) < 4.78 is 1.80. The Labute approximate surface area is 176 Å². The molecule has 29 heavy (non-hydrogen) atoms. The van der Waals surface area contributed by atoms with Crippen LogP contribution in [0.2, 0.25) is 0 Å². The summed E-state index contributed by atoms with van der Waals surface area (Å²) in [5.74, 6) is -0.00616. The average molecular weight is 422 g/mol. The molecule has 2 aromatic carbocycles. The molecule has 2 N–H and O–H groups in total. The third kappa shape index (κ3) is 4.16. The van der Waals surface area contributed by atoms with Crippen molar-refractivity contribution >= 4 is 34.1 Å². The molecular weight excluding hydrogens is 402 g/mol. The number of phenolic OH excluding ortho intramolecular Hbond substituents is 2. The minimum atomic E-state index is -0.0169. The van der Waals surface area contributed by atoms with E-state index < -0.39 is 0 Å². The smallest absolute Gasteiger partial charge is 0.211 e. The average Bonchev–Trinajstić information content (AvgIpc) is 3.34. The molecule has 0 amide bonds. The summed E-state index contributed by atoms with van der Waals surface area (Å²) in [6.07, 6.45) is 0. The zero-order chi connectivity index (χ0) is 20.4. The van der Waals surface area contributed by atoms with Crippen LogP contribution in [0.4, 0.5) is 5.69 Å². The predicted molar refractivity (Wildman–Crippen MR) is 119 cm³/mol. The van der Waals surface area contributed by atoms with Crippen LogP contribution in [0.5, 0.6) is 11.5 Å². The van der Waals surface area contributed by atoms with Gasteiger partial charge in [0, 0.05) is 17.0 Å². The lowest BCUT2D eigenvalue weighted by molar-refractivity contribution is 0.450. The highest BCUT2D eigenvalue weighted by Crippen LogP contribution is 2.27. The molecule has 0 bridgehead atoms. The maximum atomic E-state index is 10.2. The fourth-order valence-electron chi connectivity index (χ4n) is 2.83. The first-order valence-corrected chi connectivity index (χ1v) is 10.7. The molecule has 0 fully saturated rings. The molecule has 2 aromatic heterocycles. The van der Waals surface area contributed by atoms with E-state index in [4.69, 9.17) is 10.1 Å². The lowest BCUT2D eigenvalue weighted by Crippen LogP contribution is -2.13. The van der Waals surface area contributed by atoms with Crippen molar-refractivity contribution in [2.24, 2.45) is 10.1 Å². The first kappa shape index (κ1) is 19.2. The van der Waals surface area contributed by atoms with Crippen LogP contribution in [0.15, 0.2) is 75.5 Å². The molecule has 0 spiro atoms. The third-order valence-corrected chi connectivity index (χ3v) is 6.05. The molecule has 0 aliphatic carbocycles. The van der Waals surface area contributed by atoms with Crippen LogP contribution in [-0.4, -0.2) is 20.6 Å². The molecule has 0 saturated carbocycles. The van der Waals surface area contributed by atoms with Gasteiger partial charge in [-0.25, -0.2) is 9.67 Å². The standard InChI is InChI=1S/C22H19N3O2S2/c1-14-5-7-16(8-6-14)23-22-25(19(13-29-22)21-4-3-11-28-21)24-15(2)18-10-9-17(26)12-20(18)27/h3-13,26-27H,1-2H3. The zero-order valence-electron chi connectivity index (χ0n) is 15.9. The molecular formula is C22H19N3O2S2.